The molecule has 0 aromatic heterocycles. The molecular formula is C25H36O. The van der Waals surface area contributed by atoms with Gasteiger partial charge >= 0.3 is 0 Å². The normalized spacial score (nSPS) is 13.5. The summed E-state index contributed by atoms with van der Waals surface area (Å²) in [7, 11) is 0. The minimum atomic E-state index is 0.298. The summed E-state index contributed by atoms with van der Waals surface area (Å²) in [5, 5.41) is 10.2. The quantitative estimate of drug-likeness (QED) is 0.413. The Labute approximate surface area is 160 Å². The fourth-order valence-corrected chi connectivity index (χ4v) is 3.89. The van der Waals surface area contributed by atoms with E-state index in [9.17, 15) is 5.11 Å². The van der Waals surface area contributed by atoms with Crippen molar-refractivity contribution in [3.63, 3.8) is 0 Å². The van der Waals surface area contributed by atoms with Crippen molar-refractivity contribution in [3.8, 4) is 5.75 Å². The molecule has 0 saturated heterocycles. The average molecular weight is 353 g/mol. The summed E-state index contributed by atoms with van der Waals surface area (Å²) in [5.74, 6) is 1.10. The van der Waals surface area contributed by atoms with Gasteiger partial charge in [-0.2, -0.15) is 0 Å². The molecule has 0 aliphatic heterocycles. The van der Waals surface area contributed by atoms with Crippen LogP contribution in [0.15, 0.2) is 48.5 Å². The summed E-state index contributed by atoms with van der Waals surface area (Å²) in [5.41, 5.74) is 3.97. The lowest BCUT2D eigenvalue weighted by Gasteiger charge is -2.24. The predicted octanol–water partition coefficient (Wildman–Crippen LogP) is 7.59. The highest BCUT2D eigenvalue weighted by Crippen LogP contribution is 2.37. The monoisotopic (exact) mass is 352 g/mol. The number of benzene rings is 2. The van der Waals surface area contributed by atoms with E-state index in [0.29, 0.717) is 17.6 Å². The number of aryl methyl sites for hydroxylation is 1. The second kappa shape index (κ2) is 11.1. The molecule has 0 aliphatic carbocycles. The van der Waals surface area contributed by atoms with Crippen LogP contribution in [0.5, 0.6) is 5.75 Å². The summed E-state index contributed by atoms with van der Waals surface area (Å²) in [6.07, 6.45) is 10.6. The molecule has 0 spiro atoms. The van der Waals surface area contributed by atoms with E-state index in [1.54, 1.807) is 6.07 Å². The van der Waals surface area contributed by atoms with Crippen LogP contribution < -0.4 is 0 Å². The Bertz CT molecular complexity index is 646. The van der Waals surface area contributed by atoms with E-state index in [2.05, 4.69) is 51.1 Å². The molecule has 2 aromatic carbocycles. The van der Waals surface area contributed by atoms with Crippen LogP contribution in [0.2, 0.25) is 0 Å². The van der Waals surface area contributed by atoms with Crippen molar-refractivity contribution >= 4 is 0 Å². The molecule has 2 rings (SSSR count). The standard InChI is InChI=1S/C25H36O/c1-4-5-6-7-8-9-10-15-22-16-11-12-17-23(22)20(2)21(3)24-18-13-14-19-25(24)26/h11-14,16-21,26H,4-10,15H2,1-3H3. The molecular weight excluding hydrogens is 316 g/mol. The molecule has 0 saturated carbocycles. The maximum atomic E-state index is 10.2. The van der Waals surface area contributed by atoms with E-state index < -0.39 is 0 Å². The molecule has 1 heteroatoms. The van der Waals surface area contributed by atoms with Crippen LogP contribution in [0.1, 0.15) is 94.2 Å². The molecule has 142 valence electrons. The van der Waals surface area contributed by atoms with Gasteiger partial charge in [-0.3, -0.25) is 0 Å². The van der Waals surface area contributed by atoms with Crippen molar-refractivity contribution < 1.29 is 5.11 Å². The molecule has 0 radical (unpaired) electrons. The van der Waals surface area contributed by atoms with Crippen molar-refractivity contribution in [1.82, 2.24) is 0 Å². The molecule has 2 atom stereocenters. The Kier molecular flexibility index (Phi) is 8.74. The zero-order valence-corrected chi connectivity index (χ0v) is 16.9. The van der Waals surface area contributed by atoms with Crippen LogP contribution in [0, 0.1) is 0 Å². The number of aromatic hydroxyl groups is 1. The number of hydrogen-bond donors (Lipinski definition) is 1. The zero-order valence-electron chi connectivity index (χ0n) is 16.9. The molecule has 0 heterocycles. The molecule has 0 amide bonds. The minimum absolute atomic E-state index is 0.298. The smallest absolute Gasteiger partial charge is 0.119 e. The third kappa shape index (κ3) is 5.90. The lowest BCUT2D eigenvalue weighted by atomic mass is 9.81. The Balaban J connectivity index is 1.96. The van der Waals surface area contributed by atoms with Crippen LogP contribution in [0.4, 0.5) is 0 Å². The van der Waals surface area contributed by atoms with E-state index in [1.807, 2.05) is 12.1 Å². The van der Waals surface area contributed by atoms with E-state index in [1.165, 1.54) is 62.5 Å². The van der Waals surface area contributed by atoms with Crippen LogP contribution in [-0.4, -0.2) is 5.11 Å². The summed E-state index contributed by atoms with van der Waals surface area (Å²) in [6.45, 7) is 6.79. The first kappa shape index (κ1) is 20.6. The third-order valence-electron chi connectivity index (χ3n) is 5.77. The molecule has 1 N–H and O–H groups in total. The minimum Gasteiger partial charge on any atom is -0.508 e. The highest BCUT2D eigenvalue weighted by atomic mass is 16.3. The molecule has 2 aromatic rings. The number of para-hydroxylation sites is 1. The number of hydrogen-bond acceptors (Lipinski definition) is 1. The summed E-state index contributed by atoms with van der Waals surface area (Å²) < 4.78 is 0. The Morgan fingerprint density at radius 2 is 1.23 bits per heavy atom. The van der Waals surface area contributed by atoms with Gasteiger partial charge < -0.3 is 5.11 Å². The summed E-state index contributed by atoms with van der Waals surface area (Å²) in [4.78, 5) is 0. The largest absolute Gasteiger partial charge is 0.508 e. The SMILES string of the molecule is CCCCCCCCCc1ccccc1C(C)C(C)c1ccccc1O. The van der Waals surface area contributed by atoms with Crippen LogP contribution >= 0.6 is 0 Å². The highest BCUT2D eigenvalue weighted by molar-refractivity contribution is 5.39. The summed E-state index contributed by atoms with van der Waals surface area (Å²) >= 11 is 0. The van der Waals surface area contributed by atoms with Gasteiger partial charge in [-0.1, -0.05) is 102 Å². The van der Waals surface area contributed by atoms with Crippen molar-refractivity contribution in [2.24, 2.45) is 0 Å². The van der Waals surface area contributed by atoms with Crippen LogP contribution in [0.3, 0.4) is 0 Å². The topological polar surface area (TPSA) is 20.2 Å². The van der Waals surface area contributed by atoms with Gasteiger partial charge in [0.1, 0.15) is 5.75 Å². The summed E-state index contributed by atoms with van der Waals surface area (Å²) in [6, 6.07) is 16.6. The average Bonchev–Trinajstić information content (AvgIpc) is 2.67. The first-order valence-electron chi connectivity index (χ1n) is 10.5. The van der Waals surface area contributed by atoms with E-state index >= 15 is 0 Å². The van der Waals surface area contributed by atoms with Crippen molar-refractivity contribution in [1.29, 1.82) is 0 Å². The number of unbranched alkanes of at least 4 members (excludes halogenated alkanes) is 6. The number of phenols is 1. The number of rotatable bonds is 11. The first-order valence-corrected chi connectivity index (χ1v) is 10.5. The number of phenolic OH excluding ortho intramolecular Hbond substituents is 1. The lowest BCUT2D eigenvalue weighted by Crippen LogP contribution is -2.08. The van der Waals surface area contributed by atoms with E-state index in [0.717, 1.165) is 5.56 Å². The maximum absolute atomic E-state index is 10.2. The molecule has 1 nitrogen and oxygen atoms in total. The van der Waals surface area contributed by atoms with Gasteiger partial charge in [0.15, 0.2) is 0 Å². The fraction of sp³-hybridized carbons (Fsp3) is 0.520. The van der Waals surface area contributed by atoms with Gasteiger partial charge in [-0.25, -0.2) is 0 Å². The van der Waals surface area contributed by atoms with Crippen molar-refractivity contribution in [3.05, 3.63) is 65.2 Å². The molecule has 0 fully saturated rings. The third-order valence-corrected chi connectivity index (χ3v) is 5.77. The Morgan fingerprint density at radius 1 is 0.692 bits per heavy atom. The van der Waals surface area contributed by atoms with Gasteiger partial charge in [0.2, 0.25) is 0 Å². The van der Waals surface area contributed by atoms with Gasteiger partial charge in [-0.15, -0.1) is 0 Å². The van der Waals surface area contributed by atoms with Crippen LogP contribution in [0.25, 0.3) is 0 Å². The second-order valence-corrected chi connectivity index (χ2v) is 7.71. The first-order chi connectivity index (χ1) is 12.6. The maximum Gasteiger partial charge on any atom is 0.119 e. The zero-order chi connectivity index (χ0) is 18.8. The van der Waals surface area contributed by atoms with E-state index in [4.69, 9.17) is 0 Å². The van der Waals surface area contributed by atoms with Gasteiger partial charge in [0.25, 0.3) is 0 Å². The Hall–Kier alpha value is -1.76. The Morgan fingerprint density at radius 3 is 1.92 bits per heavy atom. The van der Waals surface area contributed by atoms with Gasteiger partial charge in [-0.05, 0) is 47.4 Å². The van der Waals surface area contributed by atoms with Crippen molar-refractivity contribution in [2.75, 3.05) is 0 Å². The molecule has 26 heavy (non-hydrogen) atoms. The molecule has 0 bridgehead atoms. The fourth-order valence-electron chi connectivity index (χ4n) is 3.89. The van der Waals surface area contributed by atoms with Gasteiger partial charge in [0, 0.05) is 0 Å². The van der Waals surface area contributed by atoms with Gasteiger partial charge in [0.05, 0.1) is 0 Å². The van der Waals surface area contributed by atoms with Crippen LogP contribution in [-0.2, 0) is 6.42 Å². The molecule has 0 aliphatic rings. The second-order valence-electron chi connectivity index (χ2n) is 7.71. The predicted molar refractivity (Wildman–Crippen MR) is 113 cm³/mol. The van der Waals surface area contributed by atoms with E-state index in [-0.39, 0.29) is 0 Å². The van der Waals surface area contributed by atoms with Crippen molar-refractivity contribution in [2.45, 2.75) is 84.0 Å². The lowest BCUT2D eigenvalue weighted by molar-refractivity contribution is 0.456. The highest BCUT2D eigenvalue weighted by Gasteiger charge is 2.20. The molecule has 2 unspecified atom stereocenters.